The molecule has 2 rings (SSSR count). The van der Waals surface area contributed by atoms with Crippen LogP contribution in [0.15, 0.2) is 53.0 Å². The van der Waals surface area contributed by atoms with Crippen LogP contribution >= 0.6 is 15.9 Å². The molecule has 0 unspecified atom stereocenters. The smallest absolute Gasteiger partial charge is 0.259 e. The second-order valence-electron chi connectivity index (χ2n) is 4.51. The van der Waals surface area contributed by atoms with Crippen molar-refractivity contribution >= 4 is 27.5 Å². The largest absolute Gasteiger partial charge is 0.490 e. The van der Waals surface area contributed by atoms with Crippen LogP contribution in [-0.4, -0.2) is 25.7 Å². The van der Waals surface area contributed by atoms with Crippen molar-refractivity contribution in [3.8, 4) is 5.75 Å². The zero-order chi connectivity index (χ0) is 15.8. The molecule has 0 atom stereocenters. The summed E-state index contributed by atoms with van der Waals surface area (Å²) in [6, 6.07) is 14.6. The summed E-state index contributed by atoms with van der Waals surface area (Å²) in [4.78, 5) is 12.4. The summed E-state index contributed by atoms with van der Waals surface area (Å²) in [5, 5.41) is 2.86. The molecular weight excluding hydrogens is 346 g/mol. The highest BCUT2D eigenvalue weighted by atomic mass is 79.9. The summed E-state index contributed by atoms with van der Waals surface area (Å²) in [5.74, 6) is 0.347. The summed E-state index contributed by atoms with van der Waals surface area (Å²) in [5.41, 5.74) is 1.22. The quantitative estimate of drug-likeness (QED) is 0.752. The predicted molar refractivity (Wildman–Crippen MR) is 90.5 cm³/mol. The monoisotopic (exact) mass is 363 g/mol. The van der Waals surface area contributed by atoms with Gasteiger partial charge in [-0.3, -0.25) is 4.79 Å². The number of para-hydroxylation sites is 1. The lowest BCUT2D eigenvalue weighted by atomic mass is 10.2. The van der Waals surface area contributed by atoms with Gasteiger partial charge < -0.3 is 14.8 Å². The van der Waals surface area contributed by atoms with Crippen LogP contribution in [0, 0.1) is 0 Å². The fraction of sp³-hybridized carbons (Fsp3) is 0.235. The Labute approximate surface area is 138 Å². The van der Waals surface area contributed by atoms with E-state index in [0.717, 1.165) is 10.2 Å². The molecule has 0 fully saturated rings. The molecule has 1 N–H and O–H groups in total. The Kier molecular flexibility index (Phi) is 6.43. The normalized spacial score (nSPS) is 10.3. The van der Waals surface area contributed by atoms with Gasteiger partial charge in [-0.05, 0) is 37.3 Å². The third kappa shape index (κ3) is 4.86. The number of ether oxygens (including phenoxy) is 2. The van der Waals surface area contributed by atoms with Crippen molar-refractivity contribution in [2.75, 3.05) is 25.1 Å². The third-order valence-electron chi connectivity index (χ3n) is 2.90. The first kappa shape index (κ1) is 16.5. The van der Waals surface area contributed by atoms with E-state index in [-0.39, 0.29) is 5.91 Å². The van der Waals surface area contributed by atoms with E-state index in [1.165, 1.54) is 0 Å². The molecule has 0 saturated carbocycles. The second-order valence-corrected chi connectivity index (χ2v) is 5.42. The maximum Gasteiger partial charge on any atom is 0.259 e. The predicted octanol–water partition coefficient (Wildman–Crippen LogP) is 4.12. The number of hydrogen-bond acceptors (Lipinski definition) is 3. The van der Waals surface area contributed by atoms with E-state index in [0.29, 0.717) is 31.1 Å². The zero-order valence-electron chi connectivity index (χ0n) is 12.3. The van der Waals surface area contributed by atoms with Crippen LogP contribution in [0.25, 0.3) is 0 Å². The van der Waals surface area contributed by atoms with E-state index < -0.39 is 0 Å². The van der Waals surface area contributed by atoms with E-state index in [9.17, 15) is 4.79 Å². The molecule has 2 aromatic rings. The second kappa shape index (κ2) is 8.56. The molecule has 0 aliphatic rings. The Morgan fingerprint density at radius 3 is 2.73 bits per heavy atom. The van der Waals surface area contributed by atoms with E-state index >= 15 is 0 Å². The Morgan fingerprint density at radius 2 is 1.95 bits per heavy atom. The van der Waals surface area contributed by atoms with Crippen LogP contribution in [0.1, 0.15) is 17.3 Å². The summed E-state index contributed by atoms with van der Waals surface area (Å²) < 4.78 is 11.8. The van der Waals surface area contributed by atoms with E-state index in [1.54, 1.807) is 12.1 Å². The summed E-state index contributed by atoms with van der Waals surface area (Å²) in [6.07, 6.45) is 0. The maximum absolute atomic E-state index is 12.4. The molecule has 5 heteroatoms. The number of rotatable bonds is 7. The molecule has 0 heterocycles. The molecule has 0 radical (unpaired) electrons. The van der Waals surface area contributed by atoms with E-state index in [4.69, 9.17) is 9.47 Å². The minimum atomic E-state index is -0.204. The summed E-state index contributed by atoms with van der Waals surface area (Å²) in [6.45, 7) is 3.49. The van der Waals surface area contributed by atoms with Crippen LogP contribution in [0.5, 0.6) is 5.75 Å². The van der Waals surface area contributed by atoms with Gasteiger partial charge in [0.2, 0.25) is 0 Å². The van der Waals surface area contributed by atoms with Crippen LogP contribution in [0.2, 0.25) is 0 Å². The number of benzene rings is 2. The molecule has 0 spiro atoms. The molecule has 22 heavy (non-hydrogen) atoms. The maximum atomic E-state index is 12.4. The molecule has 4 nitrogen and oxygen atoms in total. The van der Waals surface area contributed by atoms with Gasteiger partial charge in [-0.15, -0.1) is 0 Å². The SMILES string of the molecule is CCOCCOc1ccccc1C(=O)Nc1cccc(Br)c1. The average Bonchev–Trinajstić information content (AvgIpc) is 2.52. The lowest BCUT2D eigenvalue weighted by molar-refractivity contribution is 0.0998. The Bertz CT molecular complexity index is 631. The zero-order valence-corrected chi connectivity index (χ0v) is 13.9. The molecule has 0 aromatic heterocycles. The number of nitrogens with one attached hydrogen (secondary N) is 1. The Hall–Kier alpha value is -1.85. The van der Waals surface area contributed by atoms with E-state index in [2.05, 4.69) is 21.2 Å². The molecule has 0 saturated heterocycles. The van der Waals surface area contributed by atoms with Gasteiger partial charge in [-0.1, -0.05) is 34.1 Å². The van der Waals surface area contributed by atoms with Crippen LogP contribution in [0.3, 0.4) is 0 Å². The van der Waals surface area contributed by atoms with Crippen molar-refractivity contribution in [3.63, 3.8) is 0 Å². The van der Waals surface area contributed by atoms with Crippen molar-refractivity contribution in [3.05, 3.63) is 58.6 Å². The highest BCUT2D eigenvalue weighted by molar-refractivity contribution is 9.10. The van der Waals surface area contributed by atoms with Crippen molar-refractivity contribution in [2.45, 2.75) is 6.92 Å². The third-order valence-corrected chi connectivity index (χ3v) is 3.40. The number of carbonyl (C=O) groups excluding carboxylic acids is 1. The van der Waals surface area contributed by atoms with Gasteiger partial charge in [0.25, 0.3) is 5.91 Å². The number of carbonyl (C=O) groups is 1. The van der Waals surface area contributed by atoms with Gasteiger partial charge in [-0.25, -0.2) is 0 Å². The first-order valence-electron chi connectivity index (χ1n) is 7.07. The topological polar surface area (TPSA) is 47.6 Å². The lowest BCUT2D eigenvalue weighted by Crippen LogP contribution is -2.15. The van der Waals surface area contributed by atoms with Crippen molar-refractivity contribution in [2.24, 2.45) is 0 Å². The highest BCUT2D eigenvalue weighted by Crippen LogP contribution is 2.21. The standard InChI is InChI=1S/C17H18BrNO3/c1-2-21-10-11-22-16-9-4-3-8-15(16)17(20)19-14-7-5-6-13(18)12-14/h3-9,12H,2,10-11H2,1H3,(H,19,20). The fourth-order valence-corrected chi connectivity index (χ4v) is 2.30. The molecule has 2 aromatic carbocycles. The van der Waals surface area contributed by atoms with Crippen molar-refractivity contribution in [1.29, 1.82) is 0 Å². The minimum Gasteiger partial charge on any atom is -0.490 e. The Morgan fingerprint density at radius 1 is 1.14 bits per heavy atom. The number of hydrogen-bond donors (Lipinski definition) is 1. The number of anilines is 1. The van der Waals surface area contributed by atoms with Gasteiger partial charge in [0.1, 0.15) is 12.4 Å². The first-order chi connectivity index (χ1) is 10.7. The van der Waals surface area contributed by atoms with Gasteiger partial charge in [0, 0.05) is 16.8 Å². The lowest BCUT2D eigenvalue weighted by Gasteiger charge is -2.12. The minimum absolute atomic E-state index is 0.204. The van der Waals surface area contributed by atoms with Crippen LogP contribution in [0.4, 0.5) is 5.69 Å². The van der Waals surface area contributed by atoms with Gasteiger partial charge in [-0.2, -0.15) is 0 Å². The molecule has 0 bridgehead atoms. The fourth-order valence-electron chi connectivity index (χ4n) is 1.90. The van der Waals surface area contributed by atoms with Gasteiger partial charge in [0.05, 0.1) is 12.2 Å². The van der Waals surface area contributed by atoms with Gasteiger partial charge in [0.15, 0.2) is 0 Å². The summed E-state index contributed by atoms with van der Waals surface area (Å²) in [7, 11) is 0. The van der Waals surface area contributed by atoms with Crippen LogP contribution < -0.4 is 10.1 Å². The van der Waals surface area contributed by atoms with Crippen molar-refractivity contribution in [1.82, 2.24) is 0 Å². The Balaban J connectivity index is 2.05. The van der Waals surface area contributed by atoms with Crippen molar-refractivity contribution < 1.29 is 14.3 Å². The highest BCUT2D eigenvalue weighted by Gasteiger charge is 2.12. The number of halogens is 1. The molecule has 1 amide bonds. The first-order valence-corrected chi connectivity index (χ1v) is 7.86. The molecule has 0 aliphatic carbocycles. The number of amides is 1. The average molecular weight is 364 g/mol. The van der Waals surface area contributed by atoms with Crippen LogP contribution in [-0.2, 0) is 4.74 Å². The molecular formula is C17H18BrNO3. The summed E-state index contributed by atoms with van der Waals surface area (Å²) >= 11 is 3.38. The molecule has 0 aliphatic heterocycles. The van der Waals surface area contributed by atoms with E-state index in [1.807, 2.05) is 43.3 Å². The molecule has 116 valence electrons. The van der Waals surface area contributed by atoms with Gasteiger partial charge >= 0.3 is 0 Å².